The van der Waals surface area contributed by atoms with Gasteiger partial charge in [0.05, 0.1) is 6.10 Å². The largest absolute Gasteiger partial charge is 0.378 e. The Labute approximate surface area is 56.4 Å². The van der Waals surface area contributed by atoms with Gasteiger partial charge in [0.1, 0.15) is 0 Å². The molecule has 0 unspecified atom stereocenters. The minimum atomic E-state index is 0.543. The van der Waals surface area contributed by atoms with Gasteiger partial charge in [0.2, 0.25) is 0 Å². The predicted octanol–water partition coefficient (Wildman–Crippen LogP) is 1.97. The third-order valence-corrected chi connectivity index (χ3v) is 2.71. The van der Waals surface area contributed by atoms with E-state index in [2.05, 4.69) is 6.92 Å². The van der Waals surface area contributed by atoms with Gasteiger partial charge < -0.3 is 4.74 Å². The topological polar surface area (TPSA) is 9.23 Å². The quantitative estimate of drug-likeness (QED) is 0.482. The Morgan fingerprint density at radius 2 is 2.11 bits per heavy atom. The highest BCUT2D eigenvalue weighted by atomic mass is 16.5. The van der Waals surface area contributed by atoms with Crippen molar-refractivity contribution in [1.29, 1.82) is 0 Å². The third kappa shape index (κ3) is 0.983. The molecule has 1 nitrogen and oxygen atoms in total. The summed E-state index contributed by atoms with van der Waals surface area (Å²) in [6.07, 6.45) is 6.15. The first kappa shape index (κ1) is 5.72. The van der Waals surface area contributed by atoms with Gasteiger partial charge in [-0.05, 0) is 38.0 Å². The summed E-state index contributed by atoms with van der Waals surface area (Å²) >= 11 is 0. The molecule has 1 spiro atoms. The van der Waals surface area contributed by atoms with Crippen LogP contribution in [0, 0.1) is 5.41 Å². The molecule has 0 aromatic carbocycles. The summed E-state index contributed by atoms with van der Waals surface area (Å²) in [4.78, 5) is 0. The van der Waals surface area contributed by atoms with Crippen LogP contribution in [-0.2, 0) is 4.74 Å². The van der Waals surface area contributed by atoms with Crippen molar-refractivity contribution in [3.8, 4) is 0 Å². The summed E-state index contributed by atoms with van der Waals surface area (Å²) < 4.78 is 5.45. The van der Waals surface area contributed by atoms with Crippen molar-refractivity contribution in [2.45, 2.75) is 38.7 Å². The zero-order chi connectivity index (χ0) is 6.32. The molecule has 1 heterocycles. The number of rotatable bonds is 0. The van der Waals surface area contributed by atoms with Crippen LogP contribution >= 0.6 is 0 Å². The summed E-state index contributed by atoms with van der Waals surface area (Å²) in [5.41, 5.74) is 0.775. The van der Waals surface area contributed by atoms with Gasteiger partial charge in [0.15, 0.2) is 0 Å². The molecule has 2 rings (SSSR count). The van der Waals surface area contributed by atoms with E-state index in [-0.39, 0.29) is 0 Å². The molecule has 1 aliphatic carbocycles. The summed E-state index contributed by atoms with van der Waals surface area (Å²) in [6, 6.07) is 0. The highest BCUT2D eigenvalue weighted by Gasteiger charge is 2.45. The van der Waals surface area contributed by atoms with Gasteiger partial charge in [0.25, 0.3) is 0 Å². The summed E-state index contributed by atoms with van der Waals surface area (Å²) in [5, 5.41) is 0. The molecule has 9 heavy (non-hydrogen) atoms. The molecular weight excluding hydrogens is 112 g/mol. The first-order valence-electron chi connectivity index (χ1n) is 3.92. The zero-order valence-corrected chi connectivity index (χ0v) is 6.02. The van der Waals surface area contributed by atoms with Gasteiger partial charge >= 0.3 is 0 Å². The van der Waals surface area contributed by atoms with Crippen LogP contribution in [0.5, 0.6) is 0 Å². The molecule has 1 saturated heterocycles. The number of hydrogen-bond donors (Lipinski definition) is 0. The fourth-order valence-corrected chi connectivity index (χ4v) is 1.88. The average molecular weight is 126 g/mol. The van der Waals surface area contributed by atoms with E-state index >= 15 is 0 Å². The van der Waals surface area contributed by atoms with Gasteiger partial charge in [-0.15, -0.1) is 0 Å². The van der Waals surface area contributed by atoms with Gasteiger partial charge in [-0.1, -0.05) is 0 Å². The molecule has 2 aliphatic rings. The second kappa shape index (κ2) is 1.72. The van der Waals surface area contributed by atoms with Crippen molar-refractivity contribution < 1.29 is 4.74 Å². The van der Waals surface area contributed by atoms with Crippen LogP contribution in [0.4, 0.5) is 0 Å². The fraction of sp³-hybridized carbons (Fsp3) is 1.00. The Morgan fingerprint density at radius 3 is 2.56 bits per heavy atom. The van der Waals surface area contributed by atoms with Crippen LogP contribution in [-0.4, -0.2) is 12.7 Å². The molecule has 1 heteroatoms. The Bertz CT molecular complexity index is 116. The highest BCUT2D eigenvalue weighted by molar-refractivity contribution is 4.95. The molecule has 0 aromatic heterocycles. The van der Waals surface area contributed by atoms with Gasteiger partial charge in [0, 0.05) is 6.61 Å². The molecule has 0 radical (unpaired) electrons. The van der Waals surface area contributed by atoms with E-state index in [1.54, 1.807) is 0 Å². The molecular formula is C8H14O. The van der Waals surface area contributed by atoms with E-state index in [1.165, 1.54) is 25.7 Å². The van der Waals surface area contributed by atoms with Gasteiger partial charge in [-0.3, -0.25) is 0 Å². The SMILES string of the molecule is C[C@H]1CC2(CCO1)CC2. The second-order valence-corrected chi connectivity index (χ2v) is 3.64. The molecule has 1 aliphatic heterocycles. The lowest BCUT2D eigenvalue weighted by molar-refractivity contribution is -0.00484. The molecule has 1 saturated carbocycles. The van der Waals surface area contributed by atoms with Crippen molar-refractivity contribution in [2.24, 2.45) is 5.41 Å². The molecule has 0 bridgehead atoms. The molecule has 1 atom stereocenters. The minimum Gasteiger partial charge on any atom is -0.378 e. The van der Waals surface area contributed by atoms with E-state index in [4.69, 9.17) is 4.74 Å². The Morgan fingerprint density at radius 1 is 1.33 bits per heavy atom. The summed E-state index contributed by atoms with van der Waals surface area (Å²) in [6.45, 7) is 3.21. The first-order valence-corrected chi connectivity index (χ1v) is 3.92. The fourth-order valence-electron chi connectivity index (χ4n) is 1.88. The van der Waals surface area contributed by atoms with E-state index < -0.39 is 0 Å². The van der Waals surface area contributed by atoms with Crippen LogP contribution in [0.15, 0.2) is 0 Å². The maximum atomic E-state index is 5.45. The summed E-state index contributed by atoms with van der Waals surface area (Å²) in [5.74, 6) is 0. The summed E-state index contributed by atoms with van der Waals surface area (Å²) in [7, 11) is 0. The maximum absolute atomic E-state index is 5.45. The average Bonchev–Trinajstić information content (AvgIpc) is 2.49. The van der Waals surface area contributed by atoms with Crippen LogP contribution in [0.25, 0.3) is 0 Å². The van der Waals surface area contributed by atoms with Crippen LogP contribution in [0.3, 0.4) is 0 Å². The Hall–Kier alpha value is -0.0400. The lowest BCUT2D eigenvalue weighted by atomic mass is 9.93. The molecule has 52 valence electrons. The van der Waals surface area contributed by atoms with Crippen molar-refractivity contribution >= 4 is 0 Å². The lowest BCUT2D eigenvalue weighted by Crippen LogP contribution is -2.23. The van der Waals surface area contributed by atoms with Crippen LogP contribution in [0.2, 0.25) is 0 Å². The van der Waals surface area contributed by atoms with Crippen LogP contribution in [0.1, 0.15) is 32.6 Å². The Kier molecular flexibility index (Phi) is 1.10. The van der Waals surface area contributed by atoms with Crippen LogP contribution < -0.4 is 0 Å². The highest BCUT2D eigenvalue weighted by Crippen LogP contribution is 2.54. The van der Waals surface area contributed by atoms with E-state index in [1.807, 2.05) is 0 Å². The van der Waals surface area contributed by atoms with E-state index in [0.717, 1.165) is 12.0 Å². The zero-order valence-electron chi connectivity index (χ0n) is 6.02. The number of ether oxygens (including phenoxy) is 1. The van der Waals surface area contributed by atoms with Crippen molar-refractivity contribution in [3.63, 3.8) is 0 Å². The van der Waals surface area contributed by atoms with Crippen molar-refractivity contribution in [2.75, 3.05) is 6.61 Å². The maximum Gasteiger partial charge on any atom is 0.0552 e. The predicted molar refractivity (Wildman–Crippen MR) is 36.3 cm³/mol. The Balaban J connectivity index is 1.96. The van der Waals surface area contributed by atoms with Gasteiger partial charge in [-0.25, -0.2) is 0 Å². The second-order valence-electron chi connectivity index (χ2n) is 3.64. The van der Waals surface area contributed by atoms with E-state index in [9.17, 15) is 0 Å². The van der Waals surface area contributed by atoms with E-state index in [0.29, 0.717) is 6.10 Å². The molecule has 0 N–H and O–H groups in total. The third-order valence-electron chi connectivity index (χ3n) is 2.71. The number of hydrogen-bond acceptors (Lipinski definition) is 1. The minimum absolute atomic E-state index is 0.543. The first-order chi connectivity index (χ1) is 4.31. The standard InChI is InChI=1S/C8H14O/c1-7-6-8(2-3-8)4-5-9-7/h7H,2-6H2,1H3/t7-/m0/s1. The molecule has 0 aromatic rings. The smallest absolute Gasteiger partial charge is 0.0552 e. The normalized spacial score (nSPS) is 39.0. The molecule has 0 amide bonds. The van der Waals surface area contributed by atoms with Crippen molar-refractivity contribution in [1.82, 2.24) is 0 Å². The lowest BCUT2D eigenvalue weighted by Gasteiger charge is -2.26. The molecule has 2 fully saturated rings. The monoisotopic (exact) mass is 126 g/mol. The van der Waals surface area contributed by atoms with Gasteiger partial charge in [-0.2, -0.15) is 0 Å². The van der Waals surface area contributed by atoms with Crippen molar-refractivity contribution in [3.05, 3.63) is 0 Å².